The minimum Gasteiger partial charge on any atom is -0.456 e. The van der Waals surface area contributed by atoms with Gasteiger partial charge in [-0.25, -0.2) is 17.5 Å². The minimum atomic E-state index is -4.64. The van der Waals surface area contributed by atoms with Gasteiger partial charge in [-0.2, -0.15) is 0 Å². The third kappa shape index (κ3) is 8.62. The van der Waals surface area contributed by atoms with Gasteiger partial charge in [0.15, 0.2) is 0 Å². The maximum absolute atomic E-state index is 14.8. The van der Waals surface area contributed by atoms with Crippen molar-refractivity contribution in [2.24, 2.45) is 5.92 Å². The molecule has 2 heterocycles. The Morgan fingerprint density at radius 2 is 1.66 bits per heavy atom. The lowest BCUT2D eigenvalue weighted by atomic mass is 9.80. The highest BCUT2D eigenvalue weighted by Gasteiger charge is 2.33. The fraction of sp³-hybridized carbons (Fsp3) is 0.312. The van der Waals surface area contributed by atoms with Crippen LogP contribution in [0.3, 0.4) is 0 Å². The summed E-state index contributed by atoms with van der Waals surface area (Å²) in [6.45, 7) is 3.15. The molecule has 2 saturated carbocycles. The molecule has 3 aliphatic rings. The molecule has 1 saturated heterocycles. The number of aromatic amines is 1. The molecule has 1 aromatic heterocycles. The van der Waals surface area contributed by atoms with E-state index in [2.05, 4.69) is 56.3 Å². The number of nitrogens with zero attached hydrogens (tertiary/aromatic N) is 2. The number of anilines is 2. The Morgan fingerprint density at radius 1 is 0.919 bits per heavy atom. The summed E-state index contributed by atoms with van der Waals surface area (Å²) in [7, 11) is -4.64. The molecule has 4 N–H and O–H groups in total. The monoisotopic (exact) mass is 857 g/mol. The van der Waals surface area contributed by atoms with Crippen LogP contribution in [-0.4, -0.2) is 48.0 Å². The molecule has 62 heavy (non-hydrogen) atoms. The average Bonchev–Trinajstić information content (AvgIpc) is 3.79. The van der Waals surface area contributed by atoms with Crippen LogP contribution in [-0.2, 0) is 10.0 Å². The molecule has 1 amide bonds. The van der Waals surface area contributed by atoms with Gasteiger partial charge < -0.3 is 25.0 Å². The number of halogens is 1. The second kappa shape index (κ2) is 16.6. The molecule has 320 valence electrons. The Bertz CT molecular complexity index is 2780. The zero-order valence-corrected chi connectivity index (χ0v) is 35.1. The lowest BCUT2D eigenvalue weighted by Gasteiger charge is -2.33. The topological polar surface area (TPSA) is 167 Å². The van der Waals surface area contributed by atoms with Gasteiger partial charge in [0.2, 0.25) is 0 Å². The highest BCUT2D eigenvalue weighted by molar-refractivity contribution is 7.90. The summed E-state index contributed by atoms with van der Waals surface area (Å²) >= 11 is 0. The Labute approximate surface area is 359 Å². The van der Waals surface area contributed by atoms with Gasteiger partial charge in [-0.15, -0.1) is 0 Å². The number of carbonyl (C=O) groups excluding carboxylic acids is 1. The smallest absolute Gasteiger partial charge is 0.293 e. The number of carbonyl (C=O) groups is 1. The van der Waals surface area contributed by atoms with E-state index in [4.69, 9.17) is 4.74 Å². The predicted octanol–water partition coefficient (Wildman–Crippen LogP) is 10.4. The van der Waals surface area contributed by atoms with Gasteiger partial charge >= 0.3 is 0 Å². The van der Waals surface area contributed by atoms with Crippen molar-refractivity contribution in [3.05, 3.63) is 142 Å². The SMILES string of the molecule is CC1(O)CCC(CNc2ccc(S(=O)(=O)NC(=O)c3ccc(-c4ccc(N5CCC[C@@H]5c5ccccc5C5CC5)cc4)cc3Oc3cc(F)cc4[nH]ccc34)cc2[N+](=O)[O-])CC1. The van der Waals surface area contributed by atoms with Crippen molar-refractivity contribution in [1.82, 2.24) is 9.71 Å². The molecule has 14 heteroatoms. The molecule has 2 aliphatic carbocycles. The number of fused-ring (bicyclic) bond motifs is 1. The number of amides is 1. The second-order valence-electron chi connectivity index (χ2n) is 17.1. The number of H-pyrrole nitrogens is 1. The van der Waals surface area contributed by atoms with Gasteiger partial charge in [-0.3, -0.25) is 14.9 Å². The van der Waals surface area contributed by atoms with E-state index < -0.39 is 42.9 Å². The van der Waals surface area contributed by atoms with Crippen LogP contribution in [0.25, 0.3) is 22.0 Å². The molecule has 0 radical (unpaired) electrons. The number of nitrogens with one attached hydrogen (secondary N) is 3. The Balaban J connectivity index is 0.984. The van der Waals surface area contributed by atoms with Crippen LogP contribution < -0.4 is 19.7 Å². The number of nitro groups is 1. The first-order chi connectivity index (χ1) is 29.8. The molecular weight excluding hydrogens is 810 g/mol. The Hall–Kier alpha value is -6.25. The van der Waals surface area contributed by atoms with Crippen molar-refractivity contribution in [3.8, 4) is 22.6 Å². The van der Waals surface area contributed by atoms with Crippen molar-refractivity contribution in [2.75, 3.05) is 23.3 Å². The van der Waals surface area contributed by atoms with Gasteiger partial charge in [0.1, 0.15) is 23.0 Å². The Morgan fingerprint density at radius 3 is 2.40 bits per heavy atom. The van der Waals surface area contributed by atoms with E-state index in [1.165, 1.54) is 54.3 Å². The third-order valence-electron chi connectivity index (χ3n) is 12.7. The Kier molecular flexibility index (Phi) is 11.0. The number of sulfonamides is 1. The van der Waals surface area contributed by atoms with Gasteiger partial charge in [0.05, 0.1) is 32.5 Å². The molecule has 9 rings (SSSR count). The predicted molar refractivity (Wildman–Crippen MR) is 237 cm³/mol. The molecule has 5 aromatic carbocycles. The van der Waals surface area contributed by atoms with Gasteiger partial charge in [0, 0.05) is 42.5 Å². The third-order valence-corrected chi connectivity index (χ3v) is 14.0. The van der Waals surface area contributed by atoms with Gasteiger partial charge in [-0.05, 0) is 141 Å². The lowest BCUT2D eigenvalue weighted by molar-refractivity contribution is -0.384. The summed E-state index contributed by atoms with van der Waals surface area (Å²) in [5.41, 5.74) is 4.69. The number of aromatic nitrogens is 1. The number of nitro benzene ring substituents is 1. The zero-order valence-electron chi connectivity index (χ0n) is 34.3. The van der Waals surface area contributed by atoms with Crippen molar-refractivity contribution in [1.29, 1.82) is 0 Å². The summed E-state index contributed by atoms with van der Waals surface area (Å²) in [6, 6.07) is 29.6. The molecular formula is C48H48FN5O7S. The first kappa shape index (κ1) is 41.1. The van der Waals surface area contributed by atoms with E-state index in [9.17, 15) is 32.8 Å². The van der Waals surface area contributed by atoms with E-state index in [1.54, 1.807) is 31.3 Å². The largest absolute Gasteiger partial charge is 0.456 e. The second-order valence-corrected chi connectivity index (χ2v) is 18.8. The molecule has 0 bridgehead atoms. The first-order valence-electron chi connectivity index (χ1n) is 21.2. The molecule has 0 spiro atoms. The maximum Gasteiger partial charge on any atom is 0.293 e. The summed E-state index contributed by atoms with van der Waals surface area (Å²) in [6.07, 6.45) is 9.00. The minimum absolute atomic E-state index is 0.0292. The summed E-state index contributed by atoms with van der Waals surface area (Å²) < 4.78 is 50.6. The summed E-state index contributed by atoms with van der Waals surface area (Å²) in [4.78, 5) is 30.4. The van der Waals surface area contributed by atoms with Crippen LogP contribution >= 0.6 is 0 Å². The highest BCUT2D eigenvalue weighted by Crippen LogP contribution is 2.47. The fourth-order valence-corrected chi connectivity index (χ4v) is 10.1. The number of rotatable bonds is 13. The number of hydrogen-bond acceptors (Lipinski definition) is 9. The molecule has 1 atom stereocenters. The van der Waals surface area contributed by atoms with Crippen molar-refractivity contribution in [2.45, 2.75) is 80.7 Å². The van der Waals surface area contributed by atoms with Gasteiger partial charge in [0.25, 0.3) is 21.6 Å². The van der Waals surface area contributed by atoms with Gasteiger partial charge in [-0.1, -0.05) is 42.5 Å². The lowest BCUT2D eigenvalue weighted by Crippen LogP contribution is -2.32. The number of aliphatic hydroxyl groups is 1. The number of hydrogen-bond donors (Lipinski definition) is 4. The molecule has 0 unspecified atom stereocenters. The van der Waals surface area contributed by atoms with Crippen LogP contribution in [0.5, 0.6) is 11.5 Å². The van der Waals surface area contributed by atoms with E-state index in [1.807, 2.05) is 12.1 Å². The van der Waals surface area contributed by atoms with Crippen LogP contribution in [0.15, 0.2) is 114 Å². The van der Waals surface area contributed by atoms with Crippen LogP contribution in [0, 0.1) is 21.8 Å². The van der Waals surface area contributed by atoms with Crippen molar-refractivity contribution >= 4 is 43.9 Å². The maximum atomic E-state index is 14.8. The van der Waals surface area contributed by atoms with E-state index >= 15 is 0 Å². The normalized spacial score (nSPS) is 20.3. The molecule has 12 nitrogen and oxygen atoms in total. The quantitative estimate of drug-likeness (QED) is 0.0653. The van der Waals surface area contributed by atoms with Crippen molar-refractivity contribution in [3.63, 3.8) is 0 Å². The number of benzene rings is 5. The highest BCUT2D eigenvalue weighted by atomic mass is 32.2. The van der Waals surface area contributed by atoms with Crippen LogP contribution in [0.1, 0.15) is 91.7 Å². The fourth-order valence-electron chi connectivity index (χ4n) is 9.07. The number of ether oxygens (including phenoxy) is 1. The summed E-state index contributed by atoms with van der Waals surface area (Å²) in [5, 5.41) is 26.1. The van der Waals surface area contributed by atoms with Crippen molar-refractivity contribution < 1.29 is 32.4 Å². The summed E-state index contributed by atoms with van der Waals surface area (Å²) in [5.74, 6) is -0.724. The van der Waals surface area contributed by atoms with Crippen LogP contribution in [0.2, 0.25) is 0 Å². The first-order valence-corrected chi connectivity index (χ1v) is 22.7. The molecule has 3 fully saturated rings. The average molecular weight is 858 g/mol. The van der Waals surface area contributed by atoms with E-state index in [-0.39, 0.29) is 34.7 Å². The van der Waals surface area contributed by atoms with E-state index in [0.29, 0.717) is 41.8 Å². The molecule has 1 aliphatic heterocycles. The van der Waals surface area contributed by atoms with Crippen LogP contribution in [0.4, 0.5) is 21.5 Å². The zero-order chi connectivity index (χ0) is 43.2. The standard InChI is InChI=1S/C48H48FN5O7S/c1-48(56)21-18-30(19-22-48)29-51-41-17-15-36(28-44(41)54(57)58)62(59,60)52-47(55)40-16-12-33(25-45(40)61-46-27-34(49)26-42-39(46)20-23-50-42)31-10-13-35(14-11-31)53-24-4-7-43(53)38-6-3-2-5-37(38)32-8-9-32/h2-3,5-6,10-17,20,23,25-28,30,32,43,50-51,56H,4,7-9,18-19,21-22,24,29H2,1H3,(H,52,55)/t30?,43-,48?/m1/s1. The van der Waals surface area contributed by atoms with E-state index in [0.717, 1.165) is 49.5 Å². The molecule has 6 aromatic rings.